The van der Waals surface area contributed by atoms with Crippen LogP contribution in [0.25, 0.3) is 0 Å². The van der Waals surface area contributed by atoms with Gasteiger partial charge in [0.05, 0.1) is 0 Å². The molecule has 360 valence electrons. The van der Waals surface area contributed by atoms with Crippen LogP contribution in [0.5, 0.6) is 11.5 Å². The molecule has 0 spiro atoms. The molecule has 0 saturated carbocycles. The molecule has 61 heavy (non-hydrogen) atoms. The normalized spacial score (nSPS) is 12.3. The maximum Gasteiger partial charge on any atom is 0.263 e. The van der Waals surface area contributed by atoms with E-state index in [-0.39, 0.29) is 5.75 Å². The first-order valence-electron chi connectivity index (χ1n) is 27.7. The fourth-order valence-corrected chi connectivity index (χ4v) is 8.84. The van der Waals surface area contributed by atoms with Crippen LogP contribution >= 0.6 is 0 Å². The zero-order chi connectivity index (χ0) is 43.9. The fourth-order valence-electron chi connectivity index (χ4n) is 8.84. The minimum atomic E-state index is -0.426. The lowest BCUT2D eigenvalue weighted by Gasteiger charge is -2.33. The summed E-state index contributed by atoms with van der Waals surface area (Å²) in [7, 11) is 0. The third kappa shape index (κ3) is 38.8. The van der Waals surface area contributed by atoms with Gasteiger partial charge in [-0.15, -0.1) is 0 Å². The quantitative estimate of drug-likeness (QED) is 0.0522. The number of phenolic OH excluding ortho intramolecular Hbond substituents is 1. The van der Waals surface area contributed by atoms with Crippen molar-refractivity contribution < 1.29 is 14.6 Å². The van der Waals surface area contributed by atoms with Crippen molar-refractivity contribution in [1.29, 1.82) is 0 Å². The van der Waals surface area contributed by atoms with E-state index in [0.717, 1.165) is 31.9 Å². The van der Waals surface area contributed by atoms with Crippen LogP contribution in [0.3, 0.4) is 0 Å². The van der Waals surface area contributed by atoms with E-state index < -0.39 is 6.41 Å². The number of unbranched alkanes of at least 4 members (excludes halogenated alkanes) is 36. The second-order valence-electron chi connectivity index (χ2n) is 19.1. The topological polar surface area (TPSA) is 45.2 Å². The first-order chi connectivity index (χ1) is 30.1. The molecule has 1 atom stereocenters. The van der Waals surface area contributed by atoms with Crippen LogP contribution < -0.4 is 4.74 Å². The van der Waals surface area contributed by atoms with Gasteiger partial charge in [-0.3, -0.25) is 4.90 Å². The molecular weight excluding hydrogens is 749 g/mol. The monoisotopic (exact) mass is 857 g/mol. The Hall–Kier alpha value is -1.30. The van der Waals surface area contributed by atoms with Gasteiger partial charge >= 0.3 is 0 Å². The van der Waals surface area contributed by atoms with Crippen LogP contribution in [0.2, 0.25) is 0 Å². The highest BCUT2D eigenvalue weighted by Gasteiger charge is 2.22. The largest absolute Gasteiger partial charge is 0.508 e. The first kappa shape index (κ1) is 57.7. The Balaban J connectivity index is 2.90. The first-order valence-corrected chi connectivity index (χ1v) is 27.7. The zero-order valence-electron chi connectivity index (χ0n) is 41.9. The Labute approximate surface area is 382 Å². The van der Waals surface area contributed by atoms with Crippen LogP contribution in [0.4, 0.5) is 0 Å². The number of phenols is 1. The van der Waals surface area contributed by atoms with Crippen LogP contribution in [-0.4, -0.2) is 54.2 Å². The third-order valence-electron chi connectivity index (χ3n) is 13.0. The lowest BCUT2D eigenvalue weighted by atomic mass is 10.1. The van der Waals surface area contributed by atoms with Gasteiger partial charge in [-0.05, 0) is 49.9 Å². The third-order valence-corrected chi connectivity index (χ3v) is 13.0. The molecule has 0 saturated heterocycles. The predicted octanol–water partition coefficient (Wildman–Crippen LogP) is 18.3. The van der Waals surface area contributed by atoms with Crippen molar-refractivity contribution >= 4 is 0 Å². The number of ether oxygens (including phenoxy) is 2. The maximum absolute atomic E-state index is 10.1. The Morgan fingerprint density at radius 3 is 0.918 bits per heavy atom. The summed E-state index contributed by atoms with van der Waals surface area (Å²) in [5.74, 6) is 1.05. The lowest BCUT2D eigenvalue weighted by Crippen LogP contribution is -2.45. The molecule has 0 bridgehead atoms. The highest BCUT2D eigenvalue weighted by Crippen LogP contribution is 2.22. The smallest absolute Gasteiger partial charge is 0.263 e. The molecule has 0 radical (unpaired) electrons. The van der Waals surface area contributed by atoms with Gasteiger partial charge in [0.1, 0.15) is 18.2 Å². The zero-order valence-corrected chi connectivity index (χ0v) is 41.9. The summed E-state index contributed by atoms with van der Waals surface area (Å²) in [5, 5.41) is 10.1. The van der Waals surface area contributed by atoms with Gasteiger partial charge in [-0.25, -0.2) is 4.90 Å². The summed E-state index contributed by atoms with van der Waals surface area (Å²) in [4.78, 5) is 5.11. The van der Waals surface area contributed by atoms with E-state index in [4.69, 9.17) is 9.47 Å². The molecule has 1 N–H and O–H groups in total. The van der Waals surface area contributed by atoms with Crippen LogP contribution in [0, 0.1) is 0 Å². The minimum absolute atomic E-state index is 0.275. The van der Waals surface area contributed by atoms with E-state index in [1.54, 1.807) is 12.1 Å². The molecule has 5 heteroatoms. The van der Waals surface area contributed by atoms with E-state index in [1.807, 2.05) is 12.1 Å². The molecule has 0 aromatic heterocycles. The molecule has 0 aliphatic carbocycles. The average molecular weight is 857 g/mol. The van der Waals surface area contributed by atoms with Crippen molar-refractivity contribution in [3.8, 4) is 11.5 Å². The lowest BCUT2D eigenvalue weighted by molar-refractivity contribution is -0.198. The fraction of sp³-hybridized carbons (Fsp3) is 0.893. The van der Waals surface area contributed by atoms with Crippen molar-refractivity contribution in [2.24, 2.45) is 0 Å². The molecule has 0 aliphatic rings. The molecular formula is C56H108N2O3. The minimum Gasteiger partial charge on any atom is -0.508 e. The van der Waals surface area contributed by atoms with Gasteiger partial charge in [-0.1, -0.05) is 259 Å². The van der Waals surface area contributed by atoms with Crippen molar-refractivity contribution in [2.75, 3.05) is 32.9 Å². The molecule has 1 aromatic rings. The summed E-state index contributed by atoms with van der Waals surface area (Å²) in [5.41, 5.74) is 0. The van der Waals surface area contributed by atoms with Gasteiger partial charge in [-0.2, -0.15) is 0 Å². The van der Waals surface area contributed by atoms with Gasteiger partial charge in [0.15, 0.2) is 0 Å². The van der Waals surface area contributed by atoms with E-state index in [1.165, 1.54) is 257 Å². The number of hydrogen-bond donors (Lipinski definition) is 1. The summed E-state index contributed by atoms with van der Waals surface area (Å²) >= 11 is 0. The number of aromatic hydroxyl groups is 1. The van der Waals surface area contributed by atoms with Crippen LogP contribution in [-0.2, 0) is 4.74 Å². The Kier molecular flexibility index (Phi) is 44.2. The van der Waals surface area contributed by atoms with Crippen molar-refractivity contribution in [3.05, 3.63) is 24.3 Å². The second kappa shape index (κ2) is 46.7. The number of nitrogens with zero attached hydrogens (tertiary/aromatic N) is 2. The molecule has 0 amide bonds. The second-order valence-corrected chi connectivity index (χ2v) is 19.1. The number of hydrogen-bond acceptors (Lipinski definition) is 5. The summed E-state index contributed by atoms with van der Waals surface area (Å²) in [6.45, 7) is 14.1. The molecule has 1 unspecified atom stereocenters. The maximum atomic E-state index is 10.1. The Morgan fingerprint density at radius 1 is 0.361 bits per heavy atom. The molecule has 0 aliphatic heterocycles. The van der Waals surface area contributed by atoms with Crippen molar-refractivity contribution in [3.63, 3.8) is 0 Å². The molecule has 5 nitrogen and oxygen atoms in total. The summed E-state index contributed by atoms with van der Waals surface area (Å²) in [6.07, 6.45) is 53.9. The van der Waals surface area contributed by atoms with Crippen molar-refractivity contribution in [2.45, 2.75) is 291 Å². The predicted molar refractivity (Wildman–Crippen MR) is 269 cm³/mol. The highest BCUT2D eigenvalue weighted by atomic mass is 16.7. The summed E-state index contributed by atoms with van der Waals surface area (Å²) in [6, 6.07) is 7.28. The van der Waals surface area contributed by atoms with Gasteiger partial charge in [0.2, 0.25) is 0 Å². The average Bonchev–Trinajstić information content (AvgIpc) is 3.27. The molecule has 1 aromatic carbocycles. The molecule has 0 heterocycles. The Bertz CT molecular complexity index is 925. The van der Waals surface area contributed by atoms with Crippen molar-refractivity contribution in [1.82, 2.24) is 9.80 Å². The van der Waals surface area contributed by atoms with Crippen LogP contribution in [0.15, 0.2) is 24.3 Å². The Morgan fingerprint density at radius 2 is 0.623 bits per heavy atom. The number of rotatable bonds is 50. The van der Waals surface area contributed by atoms with E-state index in [0.29, 0.717) is 6.73 Å². The van der Waals surface area contributed by atoms with E-state index in [2.05, 4.69) is 37.5 Å². The van der Waals surface area contributed by atoms with Crippen LogP contribution in [0.1, 0.15) is 285 Å². The molecule has 1 rings (SSSR count). The van der Waals surface area contributed by atoms with Gasteiger partial charge < -0.3 is 14.6 Å². The van der Waals surface area contributed by atoms with Gasteiger partial charge in [0.25, 0.3) is 6.41 Å². The SMILES string of the molecule is CCCCCCCCCCCCN(CCCCCCCCCCCC)COC(Oc1ccc(O)cc1)N(CCCCCCCCCCCC)CCCCCCCCCCCC. The number of benzene rings is 1. The van der Waals surface area contributed by atoms with E-state index >= 15 is 0 Å². The highest BCUT2D eigenvalue weighted by molar-refractivity contribution is 5.30. The standard InChI is InChI=1S/C56H108N2O3/c1-5-9-13-17-21-25-29-33-37-41-49-57(50-42-38-34-30-26-22-18-14-10-6-2)53-60-56(61-55-47-45-54(59)46-48-55)58(51-43-39-35-31-27-23-19-15-11-7-3)52-44-40-36-32-28-24-20-16-12-8-4/h45-48,56,59H,5-44,49-53H2,1-4H3. The summed E-state index contributed by atoms with van der Waals surface area (Å²) < 4.78 is 13.7. The molecule has 0 fully saturated rings. The van der Waals surface area contributed by atoms with E-state index in [9.17, 15) is 5.11 Å². The van der Waals surface area contributed by atoms with Gasteiger partial charge in [0, 0.05) is 26.2 Å².